The van der Waals surface area contributed by atoms with E-state index in [1.165, 1.54) is 22.7 Å². The van der Waals surface area contributed by atoms with Crippen LogP contribution in [-0.4, -0.2) is 41.9 Å². The first-order chi connectivity index (χ1) is 11.4. The van der Waals surface area contributed by atoms with E-state index in [-0.39, 0.29) is 11.4 Å². The predicted octanol–water partition coefficient (Wildman–Crippen LogP) is 2.14. The summed E-state index contributed by atoms with van der Waals surface area (Å²) in [4.78, 5) is 15.5. The molecule has 0 spiro atoms. The van der Waals surface area contributed by atoms with E-state index in [0.29, 0.717) is 31.0 Å². The first-order valence-corrected chi connectivity index (χ1v) is 9.07. The lowest BCUT2D eigenvalue weighted by Gasteiger charge is -2.29. The van der Waals surface area contributed by atoms with Gasteiger partial charge < -0.3 is 9.52 Å². The molecule has 1 aromatic heterocycles. The van der Waals surface area contributed by atoms with Crippen LogP contribution in [0.25, 0.3) is 11.3 Å². The van der Waals surface area contributed by atoms with Crippen molar-refractivity contribution in [3.05, 3.63) is 36.4 Å². The number of aromatic nitrogens is 1. The number of carboxylic acids is 1. The molecular weight excluding hydrogens is 332 g/mol. The number of aliphatic carboxylic acids is 1. The summed E-state index contributed by atoms with van der Waals surface area (Å²) < 4.78 is 31.8. The molecule has 1 unspecified atom stereocenters. The Balaban J connectivity index is 1.83. The second kappa shape index (κ2) is 6.37. The topological polar surface area (TPSA) is 101 Å². The van der Waals surface area contributed by atoms with Gasteiger partial charge in [-0.1, -0.05) is 12.1 Å². The third kappa shape index (κ3) is 3.20. The standard InChI is InChI=1S/C16H18N2O5S/c1-11-17-15(10-23-11)12-4-6-14(7-5-12)24(21,22)18-8-2-3-13(9-18)16(19)20/h4-7,10,13H,2-3,8-9H2,1H3,(H,19,20). The van der Waals surface area contributed by atoms with E-state index < -0.39 is 21.9 Å². The average Bonchev–Trinajstić information content (AvgIpc) is 3.01. The van der Waals surface area contributed by atoms with Crippen molar-refractivity contribution in [2.75, 3.05) is 13.1 Å². The molecular formula is C16H18N2O5S. The number of sulfonamides is 1. The van der Waals surface area contributed by atoms with Crippen molar-refractivity contribution in [3.8, 4) is 11.3 Å². The Morgan fingerprint density at radius 3 is 2.62 bits per heavy atom. The zero-order chi connectivity index (χ0) is 17.3. The maximum absolute atomic E-state index is 12.7. The molecule has 1 aliphatic heterocycles. The molecule has 128 valence electrons. The van der Waals surface area contributed by atoms with E-state index in [1.807, 2.05) is 0 Å². The minimum atomic E-state index is -3.70. The van der Waals surface area contributed by atoms with Crippen molar-refractivity contribution >= 4 is 16.0 Å². The molecule has 0 aliphatic carbocycles. The lowest BCUT2D eigenvalue weighted by molar-refractivity contribution is -0.142. The number of aryl methyl sites for hydroxylation is 1. The number of hydrogen-bond acceptors (Lipinski definition) is 5. The molecule has 3 rings (SSSR count). The fourth-order valence-corrected chi connectivity index (χ4v) is 4.33. The highest BCUT2D eigenvalue weighted by atomic mass is 32.2. The van der Waals surface area contributed by atoms with Crippen LogP contribution in [0.3, 0.4) is 0 Å². The quantitative estimate of drug-likeness (QED) is 0.906. The van der Waals surface area contributed by atoms with Crippen LogP contribution in [0, 0.1) is 12.8 Å². The summed E-state index contributed by atoms with van der Waals surface area (Å²) in [5.41, 5.74) is 1.40. The summed E-state index contributed by atoms with van der Waals surface area (Å²) in [6.07, 6.45) is 2.57. The largest absolute Gasteiger partial charge is 0.481 e. The van der Waals surface area contributed by atoms with Crippen molar-refractivity contribution < 1.29 is 22.7 Å². The molecule has 2 heterocycles. The Bertz CT molecular complexity index is 842. The van der Waals surface area contributed by atoms with Crippen molar-refractivity contribution in [2.45, 2.75) is 24.7 Å². The van der Waals surface area contributed by atoms with Gasteiger partial charge in [0.05, 0.1) is 10.8 Å². The van der Waals surface area contributed by atoms with E-state index in [2.05, 4.69) is 4.98 Å². The molecule has 0 saturated carbocycles. The van der Waals surface area contributed by atoms with E-state index in [9.17, 15) is 13.2 Å². The second-order valence-corrected chi connectivity index (χ2v) is 7.75. The van der Waals surface area contributed by atoms with Gasteiger partial charge in [0.15, 0.2) is 5.89 Å². The van der Waals surface area contributed by atoms with Crippen LogP contribution >= 0.6 is 0 Å². The van der Waals surface area contributed by atoms with Gasteiger partial charge in [-0.05, 0) is 25.0 Å². The Morgan fingerprint density at radius 2 is 2.04 bits per heavy atom. The smallest absolute Gasteiger partial charge is 0.307 e. The van der Waals surface area contributed by atoms with Crippen LogP contribution in [0.2, 0.25) is 0 Å². The number of nitrogens with zero attached hydrogens (tertiary/aromatic N) is 2. The van der Waals surface area contributed by atoms with Crippen molar-refractivity contribution in [3.63, 3.8) is 0 Å². The van der Waals surface area contributed by atoms with Gasteiger partial charge in [-0.15, -0.1) is 0 Å². The molecule has 1 fully saturated rings. The summed E-state index contributed by atoms with van der Waals surface area (Å²) in [6, 6.07) is 6.36. The third-order valence-electron chi connectivity index (χ3n) is 4.14. The molecule has 0 bridgehead atoms. The van der Waals surface area contributed by atoms with Crippen LogP contribution in [0.1, 0.15) is 18.7 Å². The number of piperidine rings is 1. The first-order valence-electron chi connectivity index (χ1n) is 7.63. The van der Waals surface area contributed by atoms with Crippen LogP contribution < -0.4 is 0 Å². The molecule has 2 aromatic rings. The van der Waals surface area contributed by atoms with E-state index in [0.717, 1.165) is 5.56 Å². The van der Waals surface area contributed by atoms with Crippen molar-refractivity contribution in [2.24, 2.45) is 5.92 Å². The van der Waals surface area contributed by atoms with Gasteiger partial charge in [0.25, 0.3) is 0 Å². The normalized spacial score (nSPS) is 19.3. The van der Waals surface area contributed by atoms with Crippen LogP contribution in [0.15, 0.2) is 39.8 Å². The minimum Gasteiger partial charge on any atom is -0.481 e. The van der Waals surface area contributed by atoms with Crippen molar-refractivity contribution in [1.82, 2.24) is 9.29 Å². The summed E-state index contributed by atoms with van der Waals surface area (Å²) in [6.45, 7) is 2.09. The fourth-order valence-electron chi connectivity index (χ4n) is 2.81. The summed E-state index contributed by atoms with van der Waals surface area (Å²) in [7, 11) is -3.70. The molecule has 1 aliphatic rings. The van der Waals surface area contributed by atoms with Gasteiger partial charge in [-0.3, -0.25) is 4.79 Å². The van der Waals surface area contributed by atoms with Gasteiger partial charge in [0, 0.05) is 25.6 Å². The van der Waals surface area contributed by atoms with E-state index in [1.54, 1.807) is 19.1 Å². The zero-order valence-electron chi connectivity index (χ0n) is 13.2. The number of benzene rings is 1. The zero-order valence-corrected chi connectivity index (χ0v) is 14.0. The molecule has 7 nitrogen and oxygen atoms in total. The molecule has 0 amide bonds. The fraction of sp³-hybridized carbons (Fsp3) is 0.375. The highest BCUT2D eigenvalue weighted by molar-refractivity contribution is 7.89. The first kappa shape index (κ1) is 16.7. The number of rotatable bonds is 4. The van der Waals surface area contributed by atoms with Gasteiger partial charge >= 0.3 is 5.97 Å². The van der Waals surface area contributed by atoms with Crippen molar-refractivity contribution in [1.29, 1.82) is 0 Å². The van der Waals surface area contributed by atoms with Crippen LogP contribution in [-0.2, 0) is 14.8 Å². The molecule has 24 heavy (non-hydrogen) atoms. The lowest BCUT2D eigenvalue weighted by Crippen LogP contribution is -2.42. The van der Waals surface area contributed by atoms with E-state index >= 15 is 0 Å². The number of carbonyl (C=O) groups is 1. The number of hydrogen-bond donors (Lipinski definition) is 1. The monoisotopic (exact) mass is 350 g/mol. The highest BCUT2D eigenvalue weighted by Crippen LogP contribution is 2.26. The predicted molar refractivity (Wildman–Crippen MR) is 85.8 cm³/mol. The Morgan fingerprint density at radius 1 is 1.33 bits per heavy atom. The Labute approximate surface area is 140 Å². The molecule has 1 N–H and O–H groups in total. The second-order valence-electron chi connectivity index (χ2n) is 5.82. The maximum Gasteiger partial charge on any atom is 0.307 e. The number of carboxylic acid groups (broad SMARTS) is 1. The molecule has 0 radical (unpaired) electrons. The van der Waals surface area contributed by atoms with Gasteiger partial charge in [-0.2, -0.15) is 4.31 Å². The number of oxazole rings is 1. The SMILES string of the molecule is Cc1nc(-c2ccc(S(=O)(=O)N3CCCC(C(=O)O)C3)cc2)co1. The van der Waals surface area contributed by atoms with Gasteiger partial charge in [-0.25, -0.2) is 13.4 Å². The summed E-state index contributed by atoms with van der Waals surface area (Å²) in [5.74, 6) is -1.06. The van der Waals surface area contributed by atoms with Gasteiger partial charge in [0.2, 0.25) is 10.0 Å². The van der Waals surface area contributed by atoms with Gasteiger partial charge in [0.1, 0.15) is 12.0 Å². The molecule has 8 heteroatoms. The Kier molecular flexibility index (Phi) is 4.42. The summed E-state index contributed by atoms with van der Waals surface area (Å²) >= 11 is 0. The van der Waals surface area contributed by atoms with E-state index in [4.69, 9.17) is 9.52 Å². The summed E-state index contributed by atoms with van der Waals surface area (Å²) in [5, 5.41) is 9.12. The molecule has 1 aromatic carbocycles. The molecule has 1 atom stereocenters. The minimum absolute atomic E-state index is 0.0158. The Hall–Kier alpha value is -2.19. The van der Waals surface area contributed by atoms with Crippen LogP contribution in [0.5, 0.6) is 0 Å². The lowest BCUT2D eigenvalue weighted by atomic mass is 10.0. The highest BCUT2D eigenvalue weighted by Gasteiger charge is 2.33. The maximum atomic E-state index is 12.7. The molecule has 1 saturated heterocycles. The third-order valence-corrected chi connectivity index (χ3v) is 6.02. The average molecular weight is 350 g/mol. The van der Waals surface area contributed by atoms with Crippen LogP contribution in [0.4, 0.5) is 0 Å².